The van der Waals surface area contributed by atoms with Gasteiger partial charge in [-0.3, -0.25) is 4.79 Å². The van der Waals surface area contributed by atoms with Gasteiger partial charge in [0.1, 0.15) is 12.7 Å². The van der Waals surface area contributed by atoms with E-state index in [1.54, 1.807) is 0 Å². The zero-order valence-electron chi connectivity index (χ0n) is 18.6. The Bertz CT molecular complexity index is 344. The second kappa shape index (κ2) is 27.0. The summed E-state index contributed by atoms with van der Waals surface area (Å²) in [6, 6.07) is 0. The second-order valence-electron chi connectivity index (χ2n) is 7.30. The highest BCUT2D eigenvalue weighted by molar-refractivity contribution is 5.69. The number of aliphatic hydroxyl groups is 4. The van der Waals surface area contributed by atoms with Crippen LogP contribution in [0.4, 0.5) is 0 Å². The van der Waals surface area contributed by atoms with E-state index in [2.05, 4.69) is 19.1 Å². The van der Waals surface area contributed by atoms with Crippen LogP contribution in [-0.4, -0.2) is 58.9 Å². The van der Waals surface area contributed by atoms with Crippen molar-refractivity contribution < 1.29 is 30.0 Å². The molecule has 6 nitrogen and oxygen atoms in total. The van der Waals surface area contributed by atoms with Crippen molar-refractivity contribution in [3.05, 3.63) is 12.2 Å². The smallest absolute Gasteiger partial charge is 0.305 e. The number of carbonyl (C=O) groups excluding carboxylic acids is 1. The van der Waals surface area contributed by atoms with Gasteiger partial charge in [0.2, 0.25) is 0 Å². The molecule has 29 heavy (non-hydrogen) atoms. The molecule has 174 valence electrons. The number of hydrogen-bond donors (Lipinski definition) is 4. The summed E-state index contributed by atoms with van der Waals surface area (Å²) in [4.78, 5) is 11.4. The first-order valence-corrected chi connectivity index (χ1v) is 11.4. The summed E-state index contributed by atoms with van der Waals surface area (Å²) in [6.45, 7) is 1.52. The Hall–Kier alpha value is -0.950. The average molecular weight is 419 g/mol. The predicted molar refractivity (Wildman–Crippen MR) is 118 cm³/mol. The molecule has 1 unspecified atom stereocenters. The molecule has 0 aromatic rings. The normalized spacial score (nSPS) is 11.9. The van der Waals surface area contributed by atoms with E-state index in [0.717, 1.165) is 25.7 Å². The zero-order chi connectivity index (χ0) is 22.0. The molecule has 6 heteroatoms. The minimum absolute atomic E-state index is 0.111. The van der Waals surface area contributed by atoms with Gasteiger partial charge in [-0.1, -0.05) is 70.4 Å². The van der Waals surface area contributed by atoms with Gasteiger partial charge in [-0.15, -0.1) is 0 Å². The molecular weight excluding hydrogens is 372 g/mol. The number of hydrogen-bond acceptors (Lipinski definition) is 6. The van der Waals surface area contributed by atoms with Crippen molar-refractivity contribution in [3.8, 4) is 0 Å². The second-order valence-corrected chi connectivity index (χ2v) is 7.30. The lowest BCUT2D eigenvalue weighted by Crippen LogP contribution is -2.21. The largest absolute Gasteiger partial charge is 0.463 e. The van der Waals surface area contributed by atoms with Crippen LogP contribution in [-0.2, 0) is 9.53 Å². The maximum atomic E-state index is 11.4. The number of carbonyl (C=O) groups is 1. The van der Waals surface area contributed by atoms with Gasteiger partial charge in [0.25, 0.3) is 0 Å². The van der Waals surface area contributed by atoms with Crippen LogP contribution in [0.3, 0.4) is 0 Å². The molecule has 0 saturated heterocycles. The first-order chi connectivity index (χ1) is 14.1. The fraction of sp³-hybridized carbons (Fsp3) is 0.870. The molecule has 0 radical (unpaired) electrons. The van der Waals surface area contributed by atoms with Crippen LogP contribution in [0.1, 0.15) is 96.8 Å². The van der Waals surface area contributed by atoms with Gasteiger partial charge in [0, 0.05) is 6.42 Å². The van der Waals surface area contributed by atoms with Gasteiger partial charge in [0.05, 0.1) is 19.8 Å². The molecule has 4 N–H and O–H groups in total. The fourth-order valence-corrected chi connectivity index (χ4v) is 2.65. The number of ether oxygens (including phenoxy) is 1. The molecule has 1 atom stereocenters. The van der Waals surface area contributed by atoms with E-state index in [0.29, 0.717) is 6.42 Å². The highest BCUT2D eigenvalue weighted by atomic mass is 16.5. The summed E-state index contributed by atoms with van der Waals surface area (Å²) in [5.41, 5.74) is 0. The van der Waals surface area contributed by atoms with Crippen molar-refractivity contribution >= 4 is 5.97 Å². The van der Waals surface area contributed by atoms with E-state index in [1.807, 2.05) is 0 Å². The number of aliphatic hydroxyl groups excluding tert-OH is 4. The predicted octanol–water partition coefficient (Wildman–Crippen LogP) is 3.89. The van der Waals surface area contributed by atoms with Crippen LogP contribution >= 0.6 is 0 Å². The average Bonchev–Trinajstić information content (AvgIpc) is 2.74. The number of unbranched alkanes of at least 4 members (excludes halogenated alkanes) is 11. The Balaban J connectivity index is 0. The molecular formula is C23H46O6. The lowest BCUT2D eigenvalue weighted by molar-refractivity contribution is -0.147. The molecule has 0 saturated carbocycles. The SMILES string of the molecule is CCCCCCCC/C=C\CCCCCCCC(=O)OCC(O)CO.OCCO. The molecule has 0 heterocycles. The van der Waals surface area contributed by atoms with Crippen molar-refractivity contribution in [2.45, 2.75) is 103 Å². The van der Waals surface area contributed by atoms with Crippen LogP contribution in [0.25, 0.3) is 0 Å². The van der Waals surface area contributed by atoms with Crippen molar-refractivity contribution in [1.82, 2.24) is 0 Å². The summed E-state index contributed by atoms with van der Waals surface area (Å²) in [5.74, 6) is -0.287. The Kier molecular flexibility index (Phi) is 28.2. The quantitative estimate of drug-likeness (QED) is 0.144. The third-order valence-corrected chi connectivity index (χ3v) is 4.39. The van der Waals surface area contributed by atoms with E-state index < -0.39 is 6.10 Å². The number of esters is 1. The van der Waals surface area contributed by atoms with Gasteiger partial charge >= 0.3 is 5.97 Å². The van der Waals surface area contributed by atoms with Crippen LogP contribution in [0.2, 0.25) is 0 Å². The minimum atomic E-state index is -0.960. The Labute approximate surface area is 178 Å². The third kappa shape index (κ3) is 29.3. The highest BCUT2D eigenvalue weighted by Crippen LogP contribution is 2.10. The lowest BCUT2D eigenvalue weighted by Gasteiger charge is -2.08. The molecule has 0 fully saturated rings. The summed E-state index contributed by atoms with van der Waals surface area (Å²) >= 11 is 0. The van der Waals surface area contributed by atoms with Crippen molar-refractivity contribution in [1.29, 1.82) is 0 Å². The highest BCUT2D eigenvalue weighted by Gasteiger charge is 2.07. The summed E-state index contributed by atoms with van der Waals surface area (Å²) in [7, 11) is 0. The molecule has 0 aliphatic carbocycles. The van der Waals surface area contributed by atoms with Crippen molar-refractivity contribution in [2.24, 2.45) is 0 Å². The standard InChI is InChI=1S/C21H40O4.C2H6O2/c1-2-3-4-5-6-7-8-9-10-11-12-13-14-15-16-17-21(24)25-19-20(23)18-22;3-1-2-4/h9-10,20,22-23H,2-8,11-19H2,1H3;3-4H,1-2H2/b10-9-;. The third-order valence-electron chi connectivity index (χ3n) is 4.39. The van der Waals surface area contributed by atoms with Crippen LogP contribution < -0.4 is 0 Å². The molecule has 0 aliphatic rings. The monoisotopic (exact) mass is 418 g/mol. The van der Waals surface area contributed by atoms with Gasteiger partial charge in [-0.25, -0.2) is 0 Å². The van der Waals surface area contributed by atoms with Gasteiger partial charge in [-0.2, -0.15) is 0 Å². The Morgan fingerprint density at radius 2 is 1.28 bits per heavy atom. The Morgan fingerprint density at radius 3 is 1.76 bits per heavy atom. The van der Waals surface area contributed by atoms with E-state index in [9.17, 15) is 4.79 Å². The molecule has 0 aliphatic heterocycles. The first-order valence-electron chi connectivity index (χ1n) is 11.4. The molecule has 0 aromatic heterocycles. The maximum absolute atomic E-state index is 11.4. The molecule has 0 rings (SSSR count). The van der Waals surface area contributed by atoms with Crippen LogP contribution in [0, 0.1) is 0 Å². The molecule has 0 amide bonds. The van der Waals surface area contributed by atoms with Crippen molar-refractivity contribution in [2.75, 3.05) is 26.4 Å². The number of allylic oxidation sites excluding steroid dienone is 2. The van der Waals surface area contributed by atoms with Crippen molar-refractivity contribution in [3.63, 3.8) is 0 Å². The molecule has 0 aromatic carbocycles. The van der Waals surface area contributed by atoms with E-state index in [-0.39, 0.29) is 32.4 Å². The van der Waals surface area contributed by atoms with Crippen LogP contribution in [0.5, 0.6) is 0 Å². The summed E-state index contributed by atoms with van der Waals surface area (Å²) < 4.78 is 4.86. The topological polar surface area (TPSA) is 107 Å². The maximum Gasteiger partial charge on any atom is 0.305 e. The van der Waals surface area contributed by atoms with Gasteiger partial charge in [0.15, 0.2) is 0 Å². The minimum Gasteiger partial charge on any atom is -0.463 e. The summed E-state index contributed by atoms with van der Waals surface area (Å²) in [6.07, 6.45) is 20.1. The molecule has 0 spiro atoms. The lowest BCUT2D eigenvalue weighted by atomic mass is 10.1. The first kappa shape index (κ1) is 30.2. The van der Waals surface area contributed by atoms with Crippen LogP contribution in [0.15, 0.2) is 12.2 Å². The van der Waals surface area contributed by atoms with E-state index in [1.165, 1.54) is 57.8 Å². The number of rotatable bonds is 19. The molecule has 0 bridgehead atoms. The van der Waals surface area contributed by atoms with E-state index >= 15 is 0 Å². The zero-order valence-corrected chi connectivity index (χ0v) is 18.6. The summed E-state index contributed by atoms with van der Waals surface area (Å²) in [5, 5.41) is 32.9. The van der Waals surface area contributed by atoms with Gasteiger partial charge < -0.3 is 25.2 Å². The van der Waals surface area contributed by atoms with E-state index in [4.69, 9.17) is 25.2 Å². The van der Waals surface area contributed by atoms with Gasteiger partial charge in [-0.05, 0) is 32.1 Å². The Morgan fingerprint density at radius 1 is 0.793 bits per heavy atom. The fourth-order valence-electron chi connectivity index (χ4n) is 2.65.